The summed E-state index contributed by atoms with van der Waals surface area (Å²) in [6.07, 6.45) is -0.280. The molecule has 0 unspecified atom stereocenters. The van der Waals surface area contributed by atoms with Crippen molar-refractivity contribution in [3.63, 3.8) is 0 Å². The number of hydrogen-bond acceptors (Lipinski definition) is 3. The lowest BCUT2D eigenvalue weighted by molar-refractivity contribution is 0.0307. The van der Waals surface area contributed by atoms with E-state index < -0.39 is 0 Å². The first kappa shape index (κ1) is 20.5. The van der Waals surface area contributed by atoms with Gasteiger partial charge in [0.1, 0.15) is 23.7 Å². The van der Waals surface area contributed by atoms with Crippen molar-refractivity contribution in [3.05, 3.63) is 149 Å². The SMILES string of the molecule is Cc1oc(-c2ccccc2)c2c1[C@@H](c1ccccc1)ON(c1ccccc1)[C@H]2c1ccccc1. The molecule has 34 heavy (non-hydrogen) atoms. The number of para-hydroxylation sites is 1. The van der Waals surface area contributed by atoms with Crippen LogP contribution in [0.1, 0.15) is 40.2 Å². The van der Waals surface area contributed by atoms with Crippen molar-refractivity contribution >= 4 is 5.69 Å². The highest BCUT2D eigenvalue weighted by atomic mass is 16.7. The molecule has 2 heterocycles. The van der Waals surface area contributed by atoms with Gasteiger partial charge in [-0.2, -0.15) is 0 Å². The molecule has 0 bridgehead atoms. The molecule has 3 heteroatoms. The first-order valence-corrected chi connectivity index (χ1v) is 11.6. The molecule has 0 saturated heterocycles. The minimum Gasteiger partial charge on any atom is -0.461 e. The Kier molecular flexibility index (Phi) is 5.25. The number of nitrogens with zero attached hydrogens (tertiary/aromatic N) is 1. The van der Waals surface area contributed by atoms with Gasteiger partial charge in [-0.1, -0.05) is 109 Å². The second-order valence-electron chi connectivity index (χ2n) is 8.55. The molecule has 0 amide bonds. The monoisotopic (exact) mass is 443 g/mol. The molecule has 1 aliphatic heterocycles. The number of rotatable bonds is 4. The van der Waals surface area contributed by atoms with E-state index in [9.17, 15) is 0 Å². The molecule has 4 aromatic carbocycles. The third-order valence-corrected chi connectivity index (χ3v) is 6.42. The maximum absolute atomic E-state index is 6.86. The van der Waals surface area contributed by atoms with Crippen LogP contribution in [-0.2, 0) is 4.84 Å². The summed E-state index contributed by atoms with van der Waals surface area (Å²) in [5.41, 5.74) is 6.57. The van der Waals surface area contributed by atoms with Gasteiger partial charge in [0, 0.05) is 16.7 Å². The molecule has 166 valence electrons. The third-order valence-electron chi connectivity index (χ3n) is 6.42. The lowest BCUT2D eigenvalue weighted by Gasteiger charge is -2.41. The van der Waals surface area contributed by atoms with Crippen LogP contribution in [0.25, 0.3) is 11.3 Å². The maximum Gasteiger partial charge on any atom is 0.140 e. The van der Waals surface area contributed by atoms with Crippen LogP contribution in [0.15, 0.2) is 126 Å². The van der Waals surface area contributed by atoms with E-state index in [0.717, 1.165) is 45.0 Å². The van der Waals surface area contributed by atoms with Gasteiger partial charge < -0.3 is 4.42 Å². The van der Waals surface area contributed by atoms with E-state index >= 15 is 0 Å². The molecule has 0 aliphatic carbocycles. The maximum atomic E-state index is 6.86. The Labute approximate surface area is 199 Å². The molecule has 1 aromatic heterocycles. The fourth-order valence-corrected chi connectivity index (χ4v) is 4.90. The normalized spacial score (nSPS) is 17.4. The highest BCUT2D eigenvalue weighted by Crippen LogP contribution is 2.51. The quantitative estimate of drug-likeness (QED) is 0.282. The van der Waals surface area contributed by atoms with Crippen molar-refractivity contribution in [2.45, 2.75) is 19.1 Å². The lowest BCUT2D eigenvalue weighted by Crippen LogP contribution is -2.37. The van der Waals surface area contributed by atoms with Gasteiger partial charge in [-0.3, -0.25) is 4.84 Å². The van der Waals surface area contributed by atoms with Gasteiger partial charge in [-0.15, -0.1) is 0 Å². The molecule has 3 nitrogen and oxygen atoms in total. The highest BCUT2D eigenvalue weighted by molar-refractivity contribution is 5.69. The number of hydroxylamine groups is 1. The Morgan fingerprint density at radius 2 is 1.12 bits per heavy atom. The van der Waals surface area contributed by atoms with Crippen molar-refractivity contribution < 1.29 is 9.25 Å². The van der Waals surface area contributed by atoms with Crippen molar-refractivity contribution in [3.8, 4) is 11.3 Å². The predicted molar refractivity (Wildman–Crippen MR) is 135 cm³/mol. The summed E-state index contributed by atoms with van der Waals surface area (Å²) in [6, 6.07) is 41.4. The molecule has 5 aromatic rings. The van der Waals surface area contributed by atoms with Crippen LogP contribution in [0.3, 0.4) is 0 Å². The fraction of sp³-hybridized carbons (Fsp3) is 0.0968. The van der Waals surface area contributed by atoms with Crippen molar-refractivity contribution in [1.29, 1.82) is 0 Å². The molecule has 1 aliphatic rings. The Morgan fingerprint density at radius 3 is 1.74 bits per heavy atom. The average Bonchev–Trinajstić information content (AvgIpc) is 3.27. The second kappa shape index (κ2) is 8.69. The Morgan fingerprint density at radius 1 is 0.588 bits per heavy atom. The van der Waals surface area contributed by atoms with Gasteiger partial charge in [0.15, 0.2) is 0 Å². The average molecular weight is 444 g/mol. The van der Waals surface area contributed by atoms with Gasteiger partial charge in [-0.25, -0.2) is 5.06 Å². The van der Waals surface area contributed by atoms with E-state index in [-0.39, 0.29) is 12.1 Å². The second-order valence-corrected chi connectivity index (χ2v) is 8.55. The minimum atomic E-state index is -0.280. The summed E-state index contributed by atoms with van der Waals surface area (Å²) in [5, 5.41) is 2.05. The molecule has 0 saturated carbocycles. The summed E-state index contributed by atoms with van der Waals surface area (Å²) in [7, 11) is 0. The number of fused-ring (bicyclic) bond motifs is 1. The molecule has 6 rings (SSSR count). The molecular weight excluding hydrogens is 418 g/mol. The van der Waals surface area contributed by atoms with Gasteiger partial charge in [0.05, 0.1) is 5.69 Å². The van der Waals surface area contributed by atoms with Crippen LogP contribution < -0.4 is 5.06 Å². The summed E-state index contributed by atoms with van der Waals surface area (Å²) < 4.78 is 6.53. The fourth-order valence-electron chi connectivity index (χ4n) is 4.90. The molecule has 0 fully saturated rings. The predicted octanol–water partition coefficient (Wildman–Crippen LogP) is 7.89. The van der Waals surface area contributed by atoms with Gasteiger partial charge in [0.2, 0.25) is 0 Å². The number of benzene rings is 4. The lowest BCUT2D eigenvalue weighted by atomic mass is 9.87. The number of aryl methyl sites for hydroxylation is 1. The zero-order chi connectivity index (χ0) is 22.9. The number of anilines is 1. The van der Waals surface area contributed by atoms with Crippen LogP contribution in [0.5, 0.6) is 0 Å². The van der Waals surface area contributed by atoms with E-state index in [2.05, 4.69) is 90.0 Å². The van der Waals surface area contributed by atoms with Gasteiger partial charge >= 0.3 is 0 Å². The summed E-state index contributed by atoms with van der Waals surface area (Å²) in [5.74, 6) is 1.78. The molecule has 0 radical (unpaired) electrons. The van der Waals surface area contributed by atoms with Gasteiger partial charge in [0.25, 0.3) is 0 Å². The zero-order valence-corrected chi connectivity index (χ0v) is 19.0. The molecular formula is C31H25NO2. The zero-order valence-electron chi connectivity index (χ0n) is 19.0. The number of hydrogen-bond donors (Lipinski definition) is 0. The van der Waals surface area contributed by atoms with E-state index in [0.29, 0.717) is 0 Å². The van der Waals surface area contributed by atoms with E-state index in [1.807, 2.05) is 43.3 Å². The highest BCUT2D eigenvalue weighted by Gasteiger charge is 2.42. The van der Waals surface area contributed by atoms with E-state index in [1.165, 1.54) is 0 Å². The largest absolute Gasteiger partial charge is 0.461 e. The standard InChI is InChI=1S/C31H25NO2/c1-22-27-28(30(33-22)24-16-8-3-9-17-24)29(23-14-6-2-7-15-23)32(26-20-12-5-13-21-26)34-31(27)25-18-10-4-11-19-25/h2-21,29,31H,1H3/t29-,31+/m0/s1. The van der Waals surface area contributed by atoms with Crippen molar-refractivity contribution in [2.75, 3.05) is 5.06 Å². The van der Waals surface area contributed by atoms with Crippen molar-refractivity contribution in [2.24, 2.45) is 0 Å². The first-order chi connectivity index (χ1) is 16.8. The molecule has 0 spiro atoms. The van der Waals surface area contributed by atoms with Crippen LogP contribution >= 0.6 is 0 Å². The molecule has 0 N–H and O–H groups in total. The Hall–Kier alpha value is -4.08. The minimum absolute atomic E-state index is 0.161. The Bertz CT molecular complexity index is 1380. The topological polar surface area (TPSA) is 25.6 Å². The number of furan rings is 1. The summed E-state index contributed by atoms with van der Waals surface area (Å²) >= 11 is 0. The summed E-state index contributed by atoms with van der Waals surface area (Å²) in [6.45, 7) is 2.05. The van der Waals surface area contributed by atoms with Crippen LogP contribution in [0.4, 0.5) is 5.69 Å². The smallest absolute Gasteiger partial charge is 0.140 e. The Balaban J connectivity index is 1.65. The van der Waals surface area contributed by atoms with Crippen LogP contribution in [0.2, 0.25) is 0 Å². The third kappa shape index (κ3) is 3.51. The summed E-state index contributed by atoms with van der Waals surface area (Å²) in [4.78, 5) is 6.86. The van der Waals surface area contributed by atoms with Crippen molar-refractivity contribution in [1.82, 2.24) is 0 Å². The van der Waals surface area contributed by atoms with E-state index in [1.54, 1.807) is 0 Å². The first-order valence-electron chi connectivity index (χ1n) is 11.6. The van der Waals surface area contributed by atoms with Crippen LogP contribution in [0, 0.1) is 6.92 Å². The van der Waals surface area contributed by atoms with Gasteiger partial charge in [-0.05, 0) is 30.2 Å². The van der Waals surface area contributed by atoms with Crippen LogP contribution in [-0.4, -0.2) is 0 Å². The molecule has 2 atom stereocenters. The van der Waals surface area contributed by atoms with E-state index in [4.69, 9.17) is 9.25 Å².